The lowest BCUT2D eigenvalue weighted by atomic mass is 10.1. The van der Waals surface area contributed by atoms with Crippen LogP contribution in [0.1, 0.15) is 29.8 Å². The minimum atomic E-state index is -1.14. The maximum absolute atomic E-state index is 13.1. The van der Waals surface area contributed by atoms with Crippen LogP contribution in [0.5, 0.6) is 5.75 Å². The topological polar surface area (TPSA) is 61.8 Å². The highest BCUT2D eigenvalue weighted by molar-refractivity contribution is 7.50. The van der Waals surface area contributed by atoms with Crippen LogP contribution >= 0.6 is 10.5 Å². The van der Waals surface area contributed by atoms with Gasteiger partial charge in [0.15, 0.2) is 27.4 Å². The predicted octanol–water partition coefficient (Wildman–Crippen LogP) is 7.41. The van der Waals surface area contributed by atoms with Gasteiger partial charge in [-0.3, -0.25) is 0 Å². The number of carbonyl (C=O) groups is 2. The molecular formula is C33H26FO5S+. The molecular weight excluding hydrogens is 527 g/mol. The Labute approximate surface area is 234 Å². The second-order valence-electron chi connectivity index (χ2n) is 9.48. The van der Waals surface area contributed by atoms with Crippen molar-refractivity contribution in [1.82, 2.24) is 0 Å². The molecule has 0 amide bonds. The van der Waals surface area contributed by atoms with Crippen LogP contribution in [0.3, 0.4) is 0 Å². The number of hydrogen-bond donors (Lipinski definition) is 0. The monoisotopic (exact) mass is 553 g/mol. The van der Waals surface area contributed by atoms with Gasteiger partial charge in [0.2, 0.25) is 4.90 Å². The van der Waals surface area contributed by atoms with Gasteiger partial charge in [0.25, 0.3) is 0 Å². The SMILES string of the molecule is COc1ccc(C(=O)OCC(=O)OC(C)(C)C#Cc2ccc(F)cc2)cc1-[s+]1c2ccccc2c2ccccc21. The molecule has 7 heteroatoms. The number of carbonyl (C=O) groups excluding carboxylic acids is 2. The van der Waals surface area contributed by atoms with E-state index in [0.29, 0.717) is 16.9 Å². The van der Waals surface area contributed by atoms with E-state index in [1.165, 1.54) is 24.3 Å². The zero-order valence-electron chi connectivity index (χ0n) is 22.2. The highest BCUT2D eigenvalue weighted by Gasteiger charge is 2.28. The fraction of sp³-hybridized carbons (Fsp3) is 0.152. The third kappa shape index (κ3) is 5.68. The van der Waals surface area contributed by atoms with Crippen LogP contribution in [-0.2, 0) is 14.3 Å². The lowest BCUT2D eigenvalue weighted by Crippen LogP contribution is -2.29. The number of methoxy groups -OCH3 is 1. The molecule has 0 radical (unpaired) electrons. The number of ether oxygens (including phenoxy) is 3. The number of benzene rings is 4. The lowest BCUT2D eigenvalue weighted by Gasteiger charge is -2.18. The Bertz CT molecular complexity index is 1740. The number of esters is 2. The van der Waals surface area contributed by atoms with E-state index in [-0.39, 0.29) is 5.82 Å². The normalized spacial score (nSPS) is 11.1. The van der Waals surface area contributed by atoms with E-state index >= 15 is 0 Å². The first-order valence-corrected chi connectivity index (χ1v) is 13.8. The molecule has 0 spiro atoms. The molecule has 5 nitrogen and oxygen atoms in total. The molecule has 0 aliphatic carbocycles. The van der Waals surface area contributed by atoms with Crippen molar-refractivity contribution in [2.75, 3.05) is 13.7 Å². The minimum Gasteiger partial charge on any atom is -0.491 e. The fourth-order valence-electron chi connectivity index (χ4n) is 4.36. The highest BCUT2D eigenvalue weighted by atomic mass is 32.2. The zero-order valence-corrected chi connectivity index (χ0v) is 23.0. The molecule has 1 aromatic heterocycles. The Balaban J connectivity index is 1.34. The van der Waals surface area contributed by atoms with E-state index in [4.69, 9.17) is 14.2 Å². The van der Waals surface area contributed by atoms with Crippen molar-refractivity contribution in [3.8, 4) is 22.5 Å². The van der Waals surface area contributed by atoms with Crippen LogP contribution in [0, 0.1) is 17.7 Å². The van der Waals surface area contributed by atoms with Crippen molar-refractivity contribution in [1.29, 1.82) is 0 Å². The number of halogens is 1. The summed E-state index contributed by atoms with van der Waals surface area (Å²) in [5.74, 6) is 4.61. The van der Waals surface area contributed by atoms with Crippen molar-refractivity contribution in [2.24, 2.45) is 0 Å². The Morgan fingerprint density at radius 3 is 2.12 bits per heavy atom. The second kappa shape index (κ2) is 11.2. The molecule has 0 fully saturated rings. The number of rotatable bonds is 6. The summed E-state index contributed by atoms with van der Waals surface area (Å²) in [5.41, 5.74) is -0.260. The summed E-state index contributed by atoms with van der Waals surface area (Å²) in [5, 5.41) is 2.31. The minimum absolute atomic E-state index is 0.299. The molecule has 0 saturated carbocycles. The average Bonchev–Trinajstić information content (AvgIpc) is 3.29. The predicted molar refractivity (Wildman–Crippen MR) is 156 cm³/mol. The van der Waals surface area contributed by atoms with Crippen LogP contribution in [-0.4, -0.2) is 31.3 Å². The van der Waals surface area contributed by atoms with Crippen LogP contribution in [0.2, 0.25) is 0 Å². The van der Waals surface area contributed by atoms with E-state index in [1.54, 1.807) is 39.2 Å². The van der Waals surface area contributed by atoms with Gasteiger partial charge in [-0.25, -0.2) is 14.0 Å². The van der Waals surface area contributed by atoms with E-state index in [2.05, 4.69) is 36.1 Å². The zero-order chi connectivity index (χ0) is 28.3. The highest BCUT2D eigenvalue weighted by Crippen LogP contribution is 2.51. The fourth-order valence-corrected chi connectivity index (χ4v) is 6.89. The van der Waals surface area contributed by atoms with Gasteiger partial charge in [-0.1, -0.05) is 36.1 Å². The van der Waals surface area contributed by atoms with Crippen molar-refractivity contribution >= 4 is 42.6 Å². The Morgan fingerprint density at radius 2 is 1.50 bits per heavy atom. The molecule has 0 aliphatic heterocycles. The molecule has 0 atom stereocenters. The number of fused-ring (bicyclic) bond motifs is 3. The number of hydrogen-bond acceptors (Lipinski definition) is 5. The molecule has 0 aliphatic rings. The van der Waals surface area contributed by atoms with E-state index in [9.17, 15) is 14.0 Å². The molecule has 0 saturated heterocycles. The third-order valence-electron chi connectivity index (χ3n) is 6.17. The largest absolute Gasteiger partial charge is 0.491 e. The molecule has 4 aromatic carbocycles. The summed E-state index contributed by atoms with van der Waals surface area (Å²) >= 11 is 0. The van der Waals surface area contributed by atoms with Gasteiger partial charge >= 0.3 is 11.9 Å². The number of thiophene rings is 1. The van der Waals surface area contributed by atoms with Gasteiger partial charge in [0.05, 0.1) is 12.7 Å². The van der Waals surface area contributed by atoms with Crippen LogP contribution in [0.15, 0.2) is 91.0 Å². The smallest absolute Gasteiger partial charge is 0.345 e. The maximum atomic E-state index is 13.1. The molecule has 1 heterocycles. The quantitative estimate of drug-likeness (QED) is 0.125. The molecule has 0 bridgehead atoms. The van der Waals surface area contributed by atoms with Gasteiger partial charge in [-0.2, -0.15) is 0 Å². The van der Waals surface area contributed by atoms with Crippen molar-refractivity contribution in [3.63, 3.8) is 0 Å². The maximum Gasteiger partial charge on any atom is 0.345 e. The summed E-state index contributed by atoms with van der Waals surface area (Å²) in [7, 11) is 1.12. The van der Waals surface area contributed by atoms with Gasteiger partial charge in [-0.15, -0.1) is 0 Å². The summed E-state index contributed by atoms with van der Waals surface area (Å²) in [6.45, 7) is 2.67. The van der Waals surface area contributed by atoms with Crippen LogP contribution in [0.25, 0.3) is 25.1 Å². The summed E-state index contributed by atoms with van der Waals surface area (Å²) in [6, 6.07) is 27.2. The van der Waals surface area contributed by atoms with Crippen molar-refractivity contribution < 1.29 is 28.2 Å². The van der Waals surface area contributed by atoms with Gasteiger partial charge in [0.1, 0.15) is 5.82 Å². The lowest BCUT2D eigenvalue weighted by molar-refractivity contribution is -0.155. The first kappa shape index (κ1) is 26.9. The first-order valence-electron chi connectivity index (χ1n) is 12.5. The third-order valence-corrected chi connectivity index (χ3v) is 8.52. The van der Waals surface area contributed by atoms with E-state index < -0.39 is 34.6 Å². The van der Waals surface area contributed by atoms with Crippen LogP contribution in [0.4, 0.5) is 4.39 Å². The summed E-state index contributed by atoms with van der Waals surface area (Å²) in [6.07, 6.45) is 0. The average molecular weight is 554 g/mol. The van der Waals surface area contributed by atoms with Crippen molar-refractivity contribution in [2.45, 2.75) is 19.4 Å². The molecule has 0 N–H and O–H groups in total. The Morgan fingerprint density at radius 1 is 0.875 bits per heavy atom. The molecule has 0 unspecified atom stereocenters. The summed E-state index contributed by atoms with van der Waals surface area (Å²) in [4.78, 5) is 26.3. The molecule has 40 heavy (non-hydrogen) atoms. The summed E-state index contributed by atoms with van der Waals surface area (Å²) < 4.78 is 31.8. The molecule has 5 rings (SSSR count). The molecule has 200 valence electrons. The van der Waals surface area contributed by atoms with Gasteiger partial charge in [-0.05, 0) is 74.5 Å². The van der Waals surface area contributed by atoms with Crippen LogP contribution < -0.4 is 4.74 Å². The van der Waals surface area contributed by atoms with Crippen molar-refractivity contribution in [3.05, 3.63) is 108 Å². The Hall–Kier alpha value is -4.67. The molecule has 5 aromatic rings. The van der Waals surface area contributed by atoms with Gasteiger partial charge in [0, 0.05) is 32.9 Å². The Kier molecular flexibility index (Phi) is 7.54. The van der Waals surface area contributed by atoms with Gasteiger partial charge < -0.3 is 14.2 Å². The van der Waals surface area contributed by atoms with E-state index in [1.807, 2.05) is 24.3 Å². The first-order chi connectivity index (χ1) is 19.3. The van der Waals surface area contributed by atoms with E-state index in [0.717, 1.165) is 25.1 Å². The second-order valence-corrected chi connectivity index (χ2v) is 11.4. The standard InChI is InChI=1S/C33H26FO5S/c1-33(2,19-18-22-12-15-24(34)16-13-22)39-31(35)21-38-32(36)23-14-17-27(37-3)30(20-23)40-28-10-6-4-8-25(28)26-9-5-7-11-29(26)40/h4-17,20H,21H2,1-3H3/q+1.